The maximum atomic E-state index is 8.85. The number of nitrogens with zero attached hydrogens (tertiary/aromatic N) is 2. The van der Waals surface area contributed by atoms with Crippen molar-refractivity contribution in [1.29, 1.82) is 5.26 Å². The van der Waals surface area contributed by atoms with Crippen molar-refractivity contribution in [2.75, 3.05) is 5.73 Å². The Balaban J connectivity index is 2.92. The van der Waals surface area contributed by atoms with Crippen molar-refractivity contribution in [3.05, 3.63) is 35.5 Å². The van der Waals surface area contributed by atoms with Gasteiger partial charge in [0.25, 0.3) is 0 Å². The summed E-state index contributed by atoms with van der Waals surface area (Å²) in [7, 11) is 0. The lowest BCUT2D eigenvalue weighted by atomic mass is 10.0. The SMILES string of the molecule is Cc1c(C#N)ccc2c(N)nccc12. The van der Waals surface area contributed by atoms with Crippen LogP contribution in [0.25, 0.3) is 10.8 Å². The lowest BCUT2D eigenvalue weighted by Crippen LogP contribution is -1.93. The molecule has 0 atom stereocenters. The lowest BCUT2D eigenvalue weighted by molar-refractivity contribution is 1.35. The third kappa shape index (κ3) is 1.09. The zero-order valence-corrected chi connectivity index (χ0v) is 7.78. The van der Waals surface area contributed by atoms with Crippen LogP contribution in [0, 0.1) is 18.3 Å². The first-order valence-electron chi connectivity index (χ1n) is 4.28. The molecule has 1 aromatic carbocycles. The molecule has 0 aliphatic carbocycles. The molecule has 0 fully saturated rings. The fraction of sp³-hybridized carbons (Fsp3) is 0.0909. The van der Waals surface area contributed by atoms with Gasteiger partial charge in [-0.05, 0) is 36.1 Å². The van der Waals surface area contributed by atoms with Gasteiger partial charge >= 0.3 is 0 Å². The number of fused-ring (bicyclic) bond motifs is 1. The summed E-state index contributed by atoms with van der Waals surface area (Å²) < 4.78 is 0. The molecule has 0 bridgehead atoms. The van der Waals surface area contributed by atoms with Crippen molar-refractivity contribution in [3.63, 3.8) is 0 Å². The summed E-state index contributed by atoms with van der Waals surface area (Å²) in [5, 5.41) is 10.8. The van der Waals surface area contributed by atoms with Crippen LogP contribution >= 0.6 is 0 Å². The molecule has 3 nitrogen and oxygen atoms in total. The number of aryl methyl sites for hydroxylation is 1. The number of hydrogen-bond donors (Lipinski definition) is 1. The van der Waals surface area contributed by atoms with Crippen LogP contribution < -0.4 is 5.73 Å². The molecule has 2 aromatic rings. The summed E-state index contributed by atoms with van der Waals surface area (Å²) in [6.45, 7) is 1.92. The molecule has 0 aliphatic rings. The van der Waals surface area contributed by atoms with E-state index in [0.29, 0.717) is 11.4 Å². The first-order chi connectivity index (χ1) is 6.74. The van der Waals surface area contributed by atoms with E-state index in [1.165, 1.54) is 0 Å². The molecule has 2 N–H and O–H groups in total. The van der Waals surface area contributed by atoms with Crippen LogP contribution in [0.3, 0.4) is 0 Å². The molecule has 0 amide bonds. The van der Waals surface area contributed by atoms with Crippen molar-refractivity contribution in [3.8, 4) is 6.07 Å². The lowest BCUT2D eigenvalue weighted by Gasteiger charge is -2.04. The summed E-state index contributed by atoms with van der Waals surface area (Å²) >= 11 is 0. The number of nitriles is 1. The summed E-state index contributed by atoms with van der Waals surface area (Å²) in [5.74, 6) is 0.509. The Morgan fingerprint density at radius 1 is 1.29 bits per heavy atom. The first-order valence-corrected chi connectivity index (χ1v) is 4.28. The van der Waals surface area contributed by atoms with E-state index < -0.39 is 0 Å². The number of nitrogen functional groups attached to an aromatic ring is 1. The van der Waals surface area contributed by atoms with E-state index in [-0.39, 0.29) is 0 Å². The number of hydrogen-bond acceptors (Lipinski definition) is 3. The highest BCUT2D eigenvalue weighted by atomic mass is 14.8. The molecular formula is C11H9N3. The molecule has 14 heavy (non-hydrogen) atoms. The molecule has 0 saturated heterocycles. The van der Waals surface area contributed by atoms with E-state index in [1.54, 1.807) is 12.3 Å². The van der Waals surface area contributed by atoms with Gasteiger partial charge in [0.05, 0.1) is 11.6 Å². The number of pyridine rings is 1. The maximum Gasteiger partial charge on any atom is 0.131 e. The van der Waals surface area contributed by atoms with Crippen LogP contribution in [-0.4, -0.2) is 4.98 Å². The predicted molar refractivity (Wildman–Crippen MR) is 55.6 cm³/mol. The quantitative estimate of drug-likeness (QED) is 0.679. The molecule has 0 saturated carbocycles. The van der Waals surface area contributed by atoms with E-state index in [1.807, 2.05) is 19.1 Å². The van der Waals surface area contributed by atoms with E-state index >= 15 is 0 Å². The third-order valence-electron chi connectivity index (χ3n) is 2.37. The van der Waals surface area contributed by atoms with Crippen molar-refractivity contribution < 1.29 is 0 Å². The summed E-state index contributed by atoms with van der Waals surface area (Å²) in [6.07, 6.45) is 1.66. The third-order valence-corrected chi connectivity index (χ3v) is 2.37. The zero-order chi connectivity index (χ0) is 10.1. The van der Waals surface area contributed by atoms with Gasteiger partial charge in [-0.3, -0.25) is 0 Å². The van der Waals surface area contributed by atoms with Crippen molar-refractivity contribution in [2.45, 2.75) is 6.92 Å². The Morgan fingerprint density at radius 3 is 2.79 bits per heavy atom. The van der Waals surface area contributed by atoms with Crippen LogP contribution in [0.2, 0.25) is 0 Å². The Labute approximate surface area is 81.8 Å². The average Bonchev–Trinajstić information content (AvgIpc) is 2.20. The van der Waals surface area contributed by atoms with Gasteiger partial charge in [0.1, 0.15) is 5.82 Å². The minimum atomic E-state index is 0.509. The van der Waals surface area contributed by atoms with Crippen LogP contribution in [0.1, 0.15) is 11.1 Å². The second-order valence-electron chi connectivity index (χ2n) is 3.14. The molecule has 1 heterocycles. The Hall–Kier alpha value is -2.08. The van der Waals surface area contributed by atoms with E-state index in [2.05, 4.69) is 11.1 Å². The molecule has 1 aromatic heterocycles. The van der Waals surface area contributed by atoms with Gasteiger partial charge in [0.2, 0.25) is 0 Å². The van der Waals surface area contributed by atoms with Gasteiger partial charge in [-0.2, -0.15) is 5.26 Å². The highest BCUT2D eigenvalue weighted by Gasteiger charge is 2.04. The Kier molecular flexibility index (Phi) is 1.83. The zero-order valence-electron chi connectivity index (χ0n) is 7.78. The Bertz CT molecular complexity index is 538. The Morgan fingerprint density at radius 2 is 2.07 bits per heavy atom. The minimum absolute atomic E-state index is 0.509. The van der Waals surface area contributed by atoms with Crippen LogP contribution in [0.5, 0.6) is 0 Å². The van der Waals surface area contributed by atoms with E-state index in [4.69, 9.17) is 11.0 Å². The number of nitrogens with two attached hydrogens (primary N) is 1. The second-order valence-corrected chi connectivity index (χ2v) is 3.14. The molecule has 2 rings (SSSR count). The fourth-order valence-corrected chi connectivity index (χ4v) is 1.55. The normalized spacial score (nSPS) is 10.0. The van der Waals surface area contributed by atoms with Crippen LogP contribution in [0.4, 0.5) is 5.82 Å². The van der Waals surface area contributed by atoms with Gasteiger partial charge in [-0.25, -0.2) is 4.98 Å². The number of rotatable bonds is 0. The molecule has 0 radical (unpaired) electrons. The molecular weight excluding hydrogens is 174 g/mol. The first kappa shape index (κ1) is 8.52. The highest BCUT2D eigenvalue weighted by molar-refractivity contribution is 5.94. The van der Waals surface area contributed by atoms with Crippen molar-refractivity contribution >= 4 is 16.6 Å². The van der Waals surface area contributed by atoms with E-state index in [0.717, 1.165) is 16.3 Å². The monoisotopic (exact) mass is 183 g/mol. The average molecular weight is 183 g/mol. The van der Waals surface area contributed by atoms with Gasteiger partial charge in [-0.15, -0.1) is 0 Å². The largest absolute Gasteiger partial charge is 0.383 e. The van der Waals surface area contributed by atoms with Crippen molar-refractivity contribution in [2.24, 2.45) is 0 Å². The summed E-state index contributed by atoms with van der Waals surface area (Å²) in [4.78, 5) is 4.00. The molecule has 3 heteroatoms. The van der Waals surface area contributed by atoms with Gasteiger partial charge in [-0.1, -0.05) is 0 Å². The van der Waals surface area contributed by atoms with Gasteiger partial charge < -0.3 is 5.73 Å². The van der Waals surface area contributed by atoms with Crippen LogP contribution in [-0.2, 0) is 0 Å². The number of aromatic nitrogens is 1. The summed E-state index contributed by atoms with van der Waals surface area (Å²) in [5.41, 5.74) is 7.36. The molecule has 0 unspecified atom stereocenters. The van der Waals surface area contributed by atoms with E-state index in [9.17, 15) is 0 Å². The maximum absolute atomic E-state index is 8.85. The highest BCUT2D eigenvalue weighted by Crippen LogP contribution is 2.24. The van der Waals surface area contributed by atoms with Crippen LogP contribution in [0.15, 0.2) is 24.4 Å². The predicted octanol–water partition coefficient (Wildman–Crippen LogP) is 2.00. The minimum Gasteiger partial charge on any atom is -0.383 e. The fourth-order valence-electron chi connectivity index (χ4n) is 1.55. The smallest absolute Gasteiger partial charge is 0.131 e. The molecule has 0 spiro atoms. The summed E-state index contributed by atoms with van der Waals surface area (Å²) in [6, 6.07) is 7.63. The molecule has 0 aliphatic heterocycles. The standard InChI is InChI=1S/C11H9N3/c1-7-8(6-12)2-3-10-9(7)4-5-14-11(10)13/h2-5H,1H3,(H2,13,14). The molecule has 68 valence electrons. The number of anilines is 1. The topological polar surface area (TPSA) is 62.7 Å². The number of benzene rings is 1. The van der Waals surface area contributed by atoms with Crippen molar-refractivity contribution in [1.82, 2.24) is 4.98 Å². The van der Waals surface area contributed by atoms with Gasteiger partial charge in [0, 0.05) is 11.6 Å². The second kappa shape index (κ2) is 3.00. The van der Waals surface area contributed by atoms with Gasteiger partial charge in [0.15, 0.2) is 0 Å².